The minimum Gasteiger partial charge on any atom is -0.285 e. The fourth-order valence-corrected chi connectivity index (χ4v) is 1.69. The van der Waals surface area contributed by atoms with E-state index in [9.17, 15) is 61.9 Å². The Morgan fingerprint density at radius 2 is 1.00 bits per heavy atom. The number of ketones is 1. The number of halogens is 13. The first kappa shape index (κ1) is 23.0. The van der Waals surface area contributed by atoms with Crippen LogP contribution in [0, 0.1) is 0 Å². The largest absolute Gasteiger partial charge is 0.460 e. The minimum atomic E-state index is -7.94. The molecule has 0 fully saturated rings. The van der Waals surface area contributed by atoms with Crippen LogP contribution in [-0.4, -0.2) is 35.6 Å². The molecule has 1 aromatic rings. The van der Waals surface area contributed by atoms with E-state index < -0.39 is 47.1 Å². The Bertz CT molecular complexity index is 690. The standard InChI is InChI=1S/C13H5F13O/c14-8(15,6-4-2-1-3-5-6)7(27)9(16,17)10(18,19)11(20,21)12(22,23)13(24,25)26/h1-5H. The number of hydrogen-bond donors (Lipinski definition) is 0. The van der Waals surface area contributed by atoms with E-state index in [1.165, 1.54) is 0 Å². The third kappa shape index (κ3) is 3.22. The molecule has 0 aliphatic rings. The highest BCUT2D eigenvalue weighted by atomic mass is 19.4. The second-order valence-electron chi connectivity index (χ2n) is 5.06. The molecule has 0 atom stereocenters. The van der Waals surface area contributed by atoms with Gasteiger partial charge in [-0.3, -0.25) is 4.79 Å². The van der Waals surface area contributed by atoms with Crippen molar-refractivity contribution < 1.29 is 61.9 Å². The van der Waals surface area contributed by atoms with Gasteiger partial charge in [0.1, 0.15) is 0 Å². The number of rotatable bonds is 6. The summed E-state index contributed by atoms with van der Waals surface area (Å²) in [5.74, 6) is -40.7. The SMILES string of the molecule is O=C(C(F)(F)c1ccccc1)C(F)(F)C(F)(F)C(F)(F)C(F)(F)C(F)(F)F. The summed E-state index contributed by atoms with van der Waals surface area (Å²) in [5.41, 5.74) is -1.71. The van der Waals surface area contributed by atoms with Crippen LogP contribution in [-0.2, 0) is 10.7 Å². The molecule has 1 nitrogen and oxygen atoms in total. The van der Waals surface area contributed by atoms with Gasteiger partial charge >= 0.3 is 35.8 Å². The van der Waals surface area contributed by atoms with Crippen molar-refractivity contribution in [1.82, 2.24) is 0 Å². The lowest BCUT2D eigenvalue weighted by Crippen LogP contribution is -2.69. The highest BCUT2D eigenvalue weighted by molar-refractivity contribution is 5.94. The third-order valence-corrected chi connectivity index (χ3v) is 3.25. The normalized spacial score (nSPS) is 15.0. The molecule has 0 aliphatic heterocycles. The molecule has 0 unspecified atom stereocenters. The van der Waals surface area contributed by atoms with Gasteiger partial charge in [0.25, 0.3) is 5.78 Å². The van der Waals surface area contributed by atoms with Crippen molar-refractivity contribution in [3.8, 4) is 0 Å². The van der Waals surface area contributed by atoms with Gasteiger partial charge in [0, 0.05) is 5.56 Å². The number of hydrogen-bond acceptors (Lipinski definition) is 1. The second-order valence-corrected chi connectivity index (χ2v) is 5.06. The van der Waals surface area contributed by atoms with Crippen LogP contribution >= 0.6 is 0 Å². The molecule has 1 rings (SSSR count). The predicted molar refractivity (Wildman–Crippen MR) is 61.2 cm³/mol. The van der Waals surface area contributed by atoms with Crippen molar-refractivity contribution in [1.29, 1.82) is 0 Å². The maximum atomic E-state index is 13.7. The molecule has 27 heavy (non-hydrogen) atoms. The van der Waals surface area contributed by atoms with Crippen LogP contribution in [0.15, 0.2) is 30.3 Å². The summed E-state index contributed by atoms with van der Waals surface area (Å²) in [6.07, 6.45) is -7.46. The Kier molecular flexibility index (Phi) is 5.34. The molecule has 0 aliphatic carbocycles. The second kappa shape index (κ2) is 6.26. The van der Waals surface area contributed by atoms with Crippen LogP contribution in [0.5, 0.6) is 0 Å². The van der Waals surface area contributed by atoms with Crippen molar-refractivity contribution in [3.63, 3.8) is 0 Å². The molecule has 0 heterocycles. The van der Waals surface area contributed by atoms with Gasteiger partial charge in [0.2, 0.25) is 0 Å². The molecule has 0 radical (unpaired) electrons. The zero-order chi connectivity index (χ0) is 21.7. The molecule has 0 amide bonds. The highest BCUT2D eigenvalue weighted by Gasteiger charge is 2.89. The van der Waals surface area contributed by atoms with E-state index in [-0.39, 0.29) is 12.1 Å². The summed E-state index contributed by atoms with van der Waals surface area (Å²) in [6, 6.07) is 2.84. The van der Waals surface area contributed by atoms with Crippen molar-refractivity contribution in [2.45, 2.75) is 35.8 Å². The molecule has 14 heteroatoms. The van der Waals surface area contributed by atoms with Crippen LogP contribution in [0.2, 0.25) is 0 Å². The maximum Gasteiger partial charge on any atom is 0.460 e. The Morgan fingerprint density at radius 3 is 1.37 bits per heavy atom. The molecular weight excluding hydrogens is 419 g/mol. The van der Waals surface area contributed by atoms with Gasteiger partial charge in [-0.05, 0) is 0 Å². The van der Waals surface area contributed by atoms with Gasteiger partial charge in [0.15, 0.2) is 0 Å². The van der Waals surface area contributed by atoms with Crippen molar-refractivity contribution in [2.24, 2.45) is 0 Å². The van der Waals surface area contributed by atoms with Crippen molar-refractivity contribution in [2.75, 3.05) is 0 Å². The third-order valence-electron chi connectivity index (χ3n) is 3.25. The van der Waals surface area contributed by atoms with Crippen LogP contribution < -0.4 is 0 Å². The molecule has 0 aromatic heterocycles. The zero-order valence-corrected chi connectivity index (χ0v) is 12.2. The summed E-state index contributed by atoms with van der Waals surface area (Å²) >= 11 is 0. The zero-order valence-electron chi connectivity index (χ0n) is 12.2. The fourth-order valence-electron chi connectivity index (χ4n) is 1.69. The lowest BCUT2D eigenvalue weighted by Gasteiger charge is -2.37. The molecule has 0 bridgehead atoms. The molecule has 0 N–H and O–H groups in total. The topological polar surface area (TPSA) is 17.1 Å². The molecule has 0 saturated heterocycles. The molecule has 0 saturated carbocycles. The summed E-state index contributed by atoms with van der Waals surface area (Å²) in [6.45, 7) is 0. The van der Waals surface area contributed by atoms with Gasteiger partial charge in [-0.25, -0.2) is 0 Å². The Labute approximate surface area is 140 Å². The number of benzene rings is 1. The van der Waals surface area contributed by atoms with Crippen LogP contribution in [0.4, 0.5) is 57.1 Å². The fraction of sp³-hybridized carbons (Fsp3) is 0.462. The molecule has 1 aromatic carbocycles. The van der Waals surface area contributed by atoms with E-state index in [0.29, 0.717) is 12.1 Å². The van der Waals surface area contributed by atoms with E-state index in [1.54, 1.807) is 0 Å². The number of Topliss-reactive ketones (excluding diaryl/α,β-unsaturated/α-hetero) is 1. The van der Waals surface area contributed by atoms with E-state index in [0.717, 1.165) is 6.07 Å². The monoisotopic (exact) mass is 424 g/mol. The van der Waals surface area contributed by atoms with Gasteiger partial charge in [-0.15, -0.1) is 0 Å². The van der Waals surface area contributed by atoms with E-state index in [2.05, 4.69) is 0 Å². The van der Waals surface area contributed by atoms with Crippen LogP contribution in [0.1, 0.15) is 5.56 Å². The minimum absolute atomic E-state index is 0.231. The van der Waals surface area contributed by atoms with E-state index in [4.69, 9.17) is 0 Å². The van der Waals surface area contributed by atoms with Gasteiger partial charge in [-0.1, -0.05) is 30.3 Å². The summed E-state index contributed by atoms with van der Waals surface area (Å²) in [7, 11) is 0. The van der Waals surface area contributed by atoms with Crippen LogP contribution in [0.25, 0.3) is 0 Å². The van der Waals surface area contributed by atoms with Gasteiger partial charge < -0.3 is 0 Å². The Morgan fingerprint density at radius 1 is 0.593 bits per heavy atom. The quantitative estimate of drug-likeness (QED) is 0.556. The number of alkyl halides is 13. The van der Waals surface area contributed by atoms with Crippen LogP contribution in [0.3, 0.4) is 0 Å². The first-order valence-corrected chi connectivity index (χ1v) is 6.32. The Hall–Kier alpha value is -2.02. The maximum absolute atomic E-state index is 13.7. The molecule has 154 valence electrons. The average Bonchev–Trinajstić information content (AvgIpc) is 2.53. The smallest absolute Gasteiger partial charge is 0.285 e. The summed E-state index contributed by atoms with van der Waals surface area (Å²) < 4.78 is 168. The van der Waals surface area contributed by atoms with Gasteiger partial charge in [0.05, 0.1) is 0 Å². The van der Waals surface area contributed by atoms with E-state index in [1.807, 2.05) is 0 Å². The summed E-state index contributed by atoms with van der Waals surface area (Å²) in [5, 5.41) is 0. The van der Waals surface area contributed by atoms with E-state index >= 15 is 0 Å². The van der Waals surface area contributed by atoms with Crippen molar-refractivity contribution in [3.05, 3.63) is 35.9 Å². The van der Waals surface area contributed by atoms with Crippen molar-refractivity contribution >= 4 is 5.78 Å². The lowest BCUT2D eigenvalue weighted by molar-refractivity contribution is -0.417. The first-order valence-electron chi connectivity index (χ1n) is 6.32. The molecular formula is C13H5F13O. The highest BCUT2D eigenvalue weighted by Crippen LogP contribution is 2.58. The summed E-state index contributed by atoms with van der Waals surface area (Å²) in [4.78, 5) is 11.1. The first-order chi connectivity index (χ1) is 11.8. The average molecular weight is 424 g/mol. The molecule has 0 spiro atoms. The van der Waals surface area contributed by atoms with Gasteiger partial charge in [-0.2, -0.15) is 57.1 Å². The number of carbonyl (C=O) groups is 1. The lowest BCUT2D eigenvalue weighted by atomic mass is 9.91. The predicted octanol–water partition coefficient (Wildman–Crippen LogP) is 5.45. The Balaban J connectivity index is 3.49. The number of carbonyl (C=O) groups excluding carboxylic acids is 1.